The van der Waals surface area contributed by atoms with Crippen LogP contribution in [0.2, 0.25) is 0 Å². The molecule has 0 amide bonds. The van der Waals surface area contributed by atoms with E-state index in [1.807, 2.05) is 0 Å². The molecule has 0 aromatic carbocycles. The monoisotopic (exact) mass is 248 g/mol. The van der Waals surface area contributed by atoms with Crippen LogP contribution in [-0.4, -0.2) is 33.0 Å². The van der Waals surface area contributed by atoms with Crippen molar-refractivity contribution in [1.82, 2.24) is 14.8 Å². The standard InChI is InChI=1S/C11H12N4O3/c1-15-10(18-2)5-9(14-15)13-8-3-4-12-6-7(8)11(16)17/h3-6H,1-2H3,(H,16,17)(H,12,13,14). The minimum atomic E-state index is -1.05. The predicted molar refractivity (Wildman–Crippen MR) is 64.2 cm³/mol. The minimum Gasteiger partial charge on any atom is -0.481 e. The van der Waals surface area contributed by atoms with Crippen LogP contribution in [0.5, 0.6) is 5.88 Å². The average Bonchev–Trinajstić information content (AvgIpc) is 2.70. The van der Waals surface area contributed by atoms with Crippen LogP contribution in [0.3, 0.4) is 0 Å². The molecule has 7 heteroatoms. The van der Waals surface area contributed by atoms with Crippen molar-refractivity contribution < 1.29 is 14.6 Å². The molecule has 0 spiro atoms. The van der Waals surface area contributed by atoms with Gasteiger partial charge in [-0.2, -0.15) is 5.10 Å². The molecule has 0 saturated heterocycles. The maximum absolute atomic E-state index is 11.0. The molecule has 0 aliphatic heterocycles. The Kier molecular flexibility index (Phi) is 3.13. The minimum absolute atomic E-state index is 0.0853. The zero-order chi connectivity index (χ0) is 13.1. The molecule has 7 nitrogen and oxygen atoms in total. The highest BCUT2D eigenvalue weighted by molar-refractivity contribution is 5.94. The van der Waals surface area contributed by atoms with Crippen LogP contribution in [0, 0.1) is 0 Å². The van der Waals surface area contributed by atoms with Crippen molar-refractivity contribution in [2.45, 2.75) is 0 Å². The molecule has 94 valence electrons. The molecule has 2 rings (SSSR count). The molecule has 0 aliphatic rings. The van der Waals surface area contributed by atoms with Crippen molar-refractivity contribution in [1.29, 1.82) is 0 Å². The lowest BCUT2D eigenvalue weighted by molar-refractivity contribution is 0.0697. The van der Waals surface area contributed by atoms with Gasteiger partial charge in [0, 0.05) is 25.5 Å². The fourth-order valence-corrected chi connectivity index (χ4v) is 1.51. The third-order valence-electron chi connectivity index (χ3n) is 2.36. The number of nitrogens with one attached hydrogen (secondary N) is 1. The van der Waals surface area contributed by atoms with E-state index >= 15 is 0 Å². The van der Waals surface area contributed by atoms with E-state index in [1.165, 1.54) is 19.5 Å². The van der Waals surface area contributed by atoms with E-state index in [-0.39, 0.29) is 5.56 Å². The Morgan fingerprint density at radius 1 is 1.56 bits per heavy atom. The van der Waals surface area contributed by atoms with E-state index in [9.17, 15) is 4.79 Å². The predicted octanol–water partition coefficient (Wildman–Crippen LogP) is 1.27. The molecular formula is C11H12N4O3. The van der Waals surface area contributed by atoms with Crippen LogP contribution in [0.25, 0.3) is 0 Å². The largest absolute Gasteiger partial charge is 0.481 e. The Morgan fingerprint density at radius 3 is 2.94 bits per heavy atom. The SMILES string of the molecule is COc1cc(Nc2ccncc2C(=O)O)nn1C. The molecule has 0 fully saturated rings. The summed E-state index contributed by atoms with van der Waals surface area (Å²) in [4.78, 5) is 14.8. The van der Waals surface area contributed by atoms with Gasteiger partial charge in [-0.15, -0.1) is 0 Å². The van der Waals surface area contributed by atoms with Gasteiger partial charge in [0.15, 0.2) is 5.82 Å². The number of hydrogen-bond acceptors (Lipinski definition) is 5. The maximum atomic E-state index is 11.0. The van der Waals surface area contributed by atoms with E-state index < -0.39 is 5.97 Å². The number of aromatic carboxylic acids is 1. The number of hydrogen-bond donors (Lipinski definition) is 2. The van der Waals surface area contributed by atoms with Gasteiger partial charge >= 0.3 is 5.97 Å². The molecule has 0 saturated carbocycles. The van der Waals surface area contributed by atoms with E-state index in [1.54, 1.807) is 23.9 Å². The van der Waals surface area contributed by atoms with Gasteiger partial charge in [-0.25, -0.2) is 9.48 Å². The van der Waals surface area contributed by atoms with Crippen molar-refractivity contribution in [3.05, 3.63) is 30.1 Å². The van der Waals surface area contributed by atoms with E-state index in [2.05, 4.69) is 15.4 Å². The number of methoxy groups -OCH3 is 1. The van der Waals surface area contributed by atoms with Crippen LogP contribution >= 0.6 is 0 Å². The van der Waals surface area contributed by atoms with Gasteiger partial charge in [0.1, 0.15) is 5.56 Å². The molecule has 0 unspecified atom stereocenters. The fourth-order valence-electron chi connectivity index (χ4n) is 1.51. The normalized spacial score (nSPS) is 10.1. The second-order valence-corrected chi connectivity index (χ2v) is 3.55. The number of carboxylic acid groups (broad SMARTS) is 1. The number of pyridine rings is 1. The molecule has 0 atom stereocenters. The zero-order valence-corrected chi connectivity index (χ0v) is 9.91. The summed E-state index contributed by atoms with van der Waals surface area (Å²) in [6, 6.07) is 3.25. The fraction of sp³-hybridized carbons (Fsp3) is 0.182. The summed E-state index contributed by atoms with van der Waals surface area (Å²) in [7, 11) is 3.27. The molecule has 2 N–H and O–H groups in total. The van der Waals surface area contributed by atoms with Gasteiger partial charge in [-0.1, -0.05) is 0 Å². The summed E-state index contributed by atoms with van der Waals surface area (Å²) < 4.78 is 6.62. The third kappa shape index (κ3) is 2.24. The van der Waals surface area contributed by atoms with Crippen LogP contribution < -0.4 is 10.1 Å². The Balaban J connectivity index is 2.31. The number of ether oxygens (including phenoxy) is 1. The lowest BCUT2D eigenvalue weighted by atomic mass is 10.2. The van der Waals surface area contributed by atoms with E-state index in [4.69, 9.17) is 9.84 Å². The van der Waals surface area contributed by atoms with E-state index in [0.717, 1.165) is 0 Å². The van der Waals surface area contributed by atoms with Crippen molar-refractivity contribution >= 4 is 17.5 Å². The van der Waals surface area contributed by atoms with Gasteiger partial charge < -0.3 is 15.2 Å². The summed E-state index contributed by atoms with van der Waals surface area (Å²) in [5.74, 6) is 0.0278. The Labute approximate surface area is 103 Å². The Hall–Kier alpha value is -2.57. The number of aryl methyl sites for hydroxylation is 1. The van der Waals surface area contributed by atoms with Crippen LogP contribution in [0.15, 0.2) is 24.5 Å². The Morgan fingerprint density at radius 2 is 2.33 bits per heavy atom. The molecular weight excluding hydrogens is 236 g/mol. The smallest absolute Gasteiger partial charge is 0.339 e. The lowest BCUT2D eigenvalue weighted by Gasteiger charge is -2.05. The van der Waals surface area contributed by atoms with Crippen LogP contribution in [0.1, 0.15) is 10.4 Å². The van der Waals surface area contributed by atoms with Crippen molar-refractivity contribution in [3.8, 4) is 5.88 Å². The third-order valence-corrected chi connectivity index (χ3v) is 2.36. The molecule has 0 bridgehead atoms. The summed E-state index contributed by atoms with van der Waals surface area (Å²) in [5.41, 5.74) is 0.514. The number of rotatable bonds is 4. The number of aromatic nitrogens is 3. The highest BCUT2D eigenvalue weighted by atomic mass is 16.5. The van der Waals surface area contributed by atoms with Crippen LogP contribution in [-0.2, 0) is 7.05 Å². The molecule has 18 heavy (non-hydrogen) atoms. The summed E-state index contributed by atoms with van der Waals surface area (Å²) >= 11 is 0. The summed E-state index contributed by atoms with van der Waals surface area (Å²) in [6.07, 6.45) is 2.79. The molecule has 2 aromatic heterocycles. The van der Waals surface area contributed by atoms with Gasteiger partial charge in [0.25, 0.3) is 0 Å². The Bertz CT molecular complexity index is 579. The van der Waals surface area contributed by atoms with E-state index in [0.29, 0.717) is 17.4 Å². The van der Waals surface area contributed by atoms with Gasteiger partial charge in [-0.3, -0.25) is 4.98 Å². The number of carbonyl (C=O) groups is 1. The quantitative estimate of drug-likeness (QED) is 0.846. The first-order valence-corrected chi connectivity index (χ1v) is 5.14. The van der Waals surface area contributed by atoms with Crippen molar-refractivity contribution in [3.63, 3.8) is 0 Å². The van der Waals surface area contributed by atoms with Crippen LogP contribution in [0.4, 0.5) is 11.5 Å². The van der Waals surface area contributed by atoms with Gasteiger partial charge in [0.05, 0.1) is 12.8 Å². The van der Waals surface area contributed by atoms with Gasteiger partial charge in [-0.05, 0) is 6.07 Å². The van der Waals surface area contributed by atoms with Gasteiger partial charge in [0.2, 0.25) is 5.88 Å². The second-order valence-electron chi connectivity index (χ2n) is 3.55. The van der Waals surface area contributed by atoms with Crippen molar-refractivity contribution in [2.24, 2.45) is 7.05 Å². The summed E-state index contributed by atoms with van der Waals surface area (Å²) in [6.45, 7) is 0. The summed E-state index contributed by atoms with van der Waals surface area (Å²) in [5, 5.41) is 16.1. The first-order chi connectivity index (χ1) is 8.61. The number of nitrogens with zero attached hydrogens (tertiary/aromatic N) is 3. The molecule has 0 aliphatic carbocycles. The maximum Gasteiger partial charge on any atom is 0.339 e. The molecule has 2 aromatic rings. The number of carboxylic acids is 1. The lowest BCUT2D eigenvalue weighted by Crippen LogP contribution is -2.03. The zero-order valence-electron chi connectivity index (χ0n) is 9.91. The first-order valence-electron chi connectivity index (χ1n) is 5.14. The highest BCUT2D eigenvalue weighted by Gasteiger charge is 2.12. The highest BCUT2D eigenvalue weighted by Crippen LogP contribution is 2.22. The van der Waals surface area contributed by atoms with Crippen molar-refractivity contribution in [2.75, 3.05) is 12.4 Å². The second kappa shape index (κ2) is 4.74. The molecule has 0 radical (unpaired) electrons. The number of anilines is 2. The molecule has 2 heterocycles. The average molecular weight is 248 g/mol. The first kappa shape index (κ1) is 11.9. The topological polar surface area (TPSA) is 89.3 Å².